The lowest BCUT2D eigenvalue weighted by Gasteiger charge is -2.44. The van der Waals surface area contributed by atoms with E-state index < -0.39 is 0 Å². The molecule has 0 aliphatic carbocycles. The molecule has 20 heavy (non-hydrogen) atoms. The molecule has 0 radical (unpaired) electrons. The van der Waals surface area contributed by atoms with E-state index in [-0.39, 0.29) is 29.9 Å². The van der Waals surface area contributed by atoms with E-state index in [1.807, 2.05) is 18.7 Å². The molecule has 2 rings (SSSR count). The maximum atomic E-state index is 12.2. The van der Waals surface area contributed by atoms with Gasteiger partial charge in [-0.2, -0.15) is 0 Å². The number of hydrogen-bond acceptors (Lipinski definition) is 3. The van der Waals surface area contributed by atoms with Gasteiger partial charge in [0.15, 0.2) is 0 Å². The van der Waals surface area contributed by atoms with Gasteiger partial charge >= 0.3 is 0 Å². The Balaban J connectivity index is 1.98. The van der Waals surface area contributed by atoms with Crippen molar-refractivity contribution in [1.82, 2.24) is 15.5 Å². The first-order chi connectivity index (χ1) is 9.43. The Hall–Kier alpha value is -1.10. The zero-order valence-corrected chi connectivity index (χ0v) is 12.9. The molecule has 2 N–H and O–H groups in total. The predicted molar refractivity (Wildman–Crippen MR) is 78.2 cm³/mol. The molecule has 2 aliphatic rings. The predicted octanol–water partition coefficient (Wildman–Crippen LogP) is 0.892. The fourth-order valence-corrected chi connectivity index (χ4v) is 3.12. The topological polar surface area (TPSA) is 61.4 Å². The standard InChI is InChI=1S/C15H27N3O2/c1-4-15(2,3)17-13(19)10-18-12-7-8-16-9-11(12)5-6-14(18)20/h11-12,16H,4-10H2,1-3H3,(H,17,19). The monoisotopic (exact) mass is 281 g/mol. The molecule has 2 saturated heterocycles. The van der Waals surface area contributed by atoms with Crippen LogP contribution in [0.5, 0.6) is 0 Å². The normalized spacial score (nSPS) is 27.1. The molecule has 2 unspecified atom stereocenters. The molecule has 0 aromatic heterocycles. The van der Waals surface area contributed by atoms with Crippen LogP contribution in [0.15, 0.2) is 0 Å². The summed E-state index contributed by atoms with van der Waals surface area (Å²) in [4.78, 5) is 26.1. The first kappa shape index (κ1) is 15.3. The Bertz CT molecular complexity index is 381. The minimum atomic E-state index is -0.205. The van der Waals surface area contributed by atoms with Gasteiger partial charge in [0.1, 0.15) is 0 Å². The van der Waals surface area contributed by atoms with Gasteiger partial charge in [0.25, 0.3) is 0 Å². The summed E-state index contributed by atoms with van der Waals surface area (Å²) in [6, 6.07) is 0.244. The van der Waals surface area contributed by atoms with Crippen LogP contribution in [-0.4, -0.2) is 47.9 Å². The SMILES string of the molecule is CCC(C)(C)NC(=O)CN1C(=O)CCC2CNCCC21. The summed E-state index contributed by atoms with van der Waals surface area (Å²) < 4.78 is 0. The number of rotatable bonds is 4. The summed E-state index contributed by atoms with van der Waals surface area (Å²) in [5.41, 5.74) is -0.205. The second-order valence-electron chi connectivity index (χ2n) is 6.67. The first-order valence-electron chi connectivity index (χ1n) is 7.74. The molecule has 0 aromatic carbocycles. The summed E-state index contributed by atoms with van der Waals surface area (Å²) >= 11 is 0. The van der Waals surface area contributed by atoms with Crippen molar-refractivity contribution in [3.05, 3.63) is 0 Å². The number of amides is 2. The maximum absolute atomic E-state index is 12.2. The van der Waals surface area contributed by atoms with Gasteiger partial charge in [-0.3, -0.25) is 9.59 Å². The first-order valence-corrected chi connectivity index (χ1v) is 7.74. The van der Waals surface area contributed by atoms with Gasteiger partial charge < -0.3 is 15.5 Å². The Morgan fingerprint density at radius 2 is 2.20 bits per heavy atom. The lowest BCUT2D eigenvalue weighted by molar-refractivity contribution is -0.144. The van der Waals surface area contributed by atoms with Crippen LogP contribution in [0.4, 0.5) is 0 Å². The summed E-state index contributed by atoms with van der Waals surface area (Å²) in [6.45, 7) is 8.19. The van der Waals surface area contributed by atoms with E-state index in [0.29, 0.717) is 12.3 Å². The minimum absolute atomic E-state index is 0.0376. The summed E-state index contributed by atoms with van der Waals surface area (Å²) in [5.74, 6) is 0.607. The number of nitrogens with zero attached hydrogens (tertiary/aromatic N) is 1. The minimum Gasteiger partial charge on any atom is -0.350 e. The van der Waals surface area contributed by atoms with Crippen LogP contribution in [0.2, 0.25) is 0 Å². The van der Waals surface area contributed by atoms with Crippen molar-refractivity contribution in [3.63, 3.8) is 0 Å². The molecule has 0 spiro atoms. The van der Waals surface area contributed by atoms with Crippen molar-refractivity contribution >= 4 is 11.8 Å². The molecule has 0 saturated carbocycles. The van der Waals surface area contributed by atoms with Crippen LogP contribution < -0.4 is 10.6 Å². The number of fused-ring (bicyclic) bond motifs is 1. The van der Waals surface area contributed by atoms with Crippen LogP contribution in [0.25, 0.3) is 0 Å². The van der Waals surface area contributed by atoms with Crippen molar-refractivity contribution in [3.8, 4) is 0 Å². The van der Waals surface area contributed by atoms with Gasteiger partial charge in [0, 0.05) is 18.0 Å². The molecular weight excluding hydrogens is 254 g/mol. The number of piperidine rings is 2. The number of carbonyl (C=O) groups is 2. The van der Waals surface area contributed by atoms with E-state index in [1.165, 1.54) is 0 Å². The average molecular weight is 281 g/mol. The van der Waals surface area contributed by atoms with Gasteiger partial charge in [-0.25, -0.2) is 0 Å². The van der Waals surface area contributed by atoms with E-state index in [0.717, 1.165) is 32.4 Å². The molecule has 2 atom stereocenters. The smallest absolute Gasteiger partial charge is 0.240 e. The Morgan fingerprint density at radius 1 is 1.45 bits per heavy atom. The summed E-state index contributed by atoms with van der Waals surface area (Å²) in [6.07, 6.45) is 3.37. The molecule has 2 fully saturated rings. The highest BCUT2D eigenvalue weighted by atomic mass is 16.2. The van der Waals surface area contributed by atoms with Crippen LogP contribution in [0, 0.1) is 5.92 Å². The summed E-state index contributed by atoms with van der Waals surface area (Å²) in [5, 5.41) is 6.40. The Morgan fingerprint density at radius 3 is 2.90 bits per heavy atom. The largest absolute Gasteiger partial charge is 0.350 e. The second-order valence-corrected chi connectivity index (χ2v) is 6.67. The molecule has 5 heteroatoms. The molecule has 2 heterocycles. The highest BCUT2D eigenvalue weighted by Crippen LogP contribution is 2.28. The quantitative estimate of drug-likeness (QED) is 0.804. The fourth-order valence-electron chi connectivity index (χ4n) is 3.12. The third-order valence-corrected chi connectivity index (χ3v) is 4.69. The van der Waals surface area contributed by atoms with E-state index >= 15 is 0 Å². The van der Waals surface area contributed by atoms with E-state index in [9.17, 15) is 9.59 Å². The van der Waals surface area contributed by atoms with E-state index in [1.54, 1.807) is 0 Å². The van der Waals surface area contributed by atoms with Gasteiger partial charge in [0.05, 0.1) is 6.54 Å². The zero-order chi connectivity index (χ0) is 14.8. The Kier molecular flexibility index (Phi) is 4.68. The molecule has 0 aromatic rings. The molecule has 0 bridgehead atoms. The molecule has 2 aliphatic heterocycles. The lowest BCUT2D eigenvalue weighted by Crippen LogP contribution is -2.58. The number of carbonyl (C=O) groups excluding carboxylic acids is 2. The highest BCUT2D eigenvalue weighted by molar-refractivity contribution is 5.85. The van der Waals surface area contributed by atoms with Gasteiger partial charge in [-0.05, 0) is 52.1 Å². The Labute approximate surface area is 121 Å². The van der Waals surface area contributed by atoms with Crippen LogP contribution in [-0.2, 0) is 9.59 Å². The second kappa shape index (κ2) is 6.12. The third-order valence-electron chi connectivity index (χ3n) is 4.69. The van der Waals surface area contributed by atoms with Crippen molar-refractivity contribution in [2.75, 3.05) is 19.6 Å². The molecular formula is C15H27N3O2. The molecule has 2 amide bonds. The number of nitrogens with one attached hydrogen (secondary N) is 2. The van der Waals surface area contributed by atoms with E-state index in [2.05, 4.69) is 17.6 Å². The zero-order valence-electron chi connectivity index (χ0n) is 12.9. The van der Waals surface area contributed by atoms with Crippen molar-refractivity contribution in [1.29, 1.82) is 0 Å². The average Bonchev–Trinajstić information content (AvgIpc) is 2.41. The van der Waals surface area contributed by atoms with Crippen LogP contribution in [0.1, 0.15) is 46.5 Å². The third kappa shape index (κ3) is 3.51. The summed E-state index contributed by atoms with van der Waals surface area (Å²) in [7, 11) is 0. The van der Waals surface area contributed by atoms with Crippen LogP contribution in [0.3, 0.4) is 0 Å². The van der Waals surface area contributed by atoms with Crippen LogP contribution >= 0.6 is 0 Å². The highest BCUT2D eigenvalue weighted by Gasteiger charge is 2.38. The number of likely N-dealkylation sites (tertiary alicyclic amines) is 1. The van der Waals surface area contributed by atoms with Gasteiger partial charge in [0.2, 0.25) is 11.8 Å². The molecule has 5 nitrogen and oxygen atoms in total. The van der Waals surface area contributed by atoms with Crippen molar-refractivity contribution < 1.29 is 9.59 Å². The van der Waals surface area contributed by atoms with Gasteiger partial charge in [-0.15, -0.1) is 0 Å². The van der Waals surface area contributed by atoms with Crippen molar-refractivity contribution in [2.24, 2.45) is 5.92 Å². The lowest BCUT2D eigenvalue weighted by atomic mass is 9.84. The van der Waals surface area contributed by atoms with Gasteiger partial charge in [-0.1, -0.05) is 6.92 Å². The maximum Gasteiger partial charge on any atom is 0.240 e. The molecule has 114 valence electrons. The number of hydrogen-bond donors (Lipinski definition) is 2. The van der Waals surface area contributed by atoms with E-state index in [4.69, 9.17) is 0 Å². The fraction of sp³-hybridized carbons (Fsp3) is 0.867. The van der Waals surface area contributed by atoms with Crippen molar-refractivity contribution in [2.45, 2.75) is 58.0 Å².